The van der Waals surface area contributed by atoms with Gasteiger partial charge in [-0.25, -0.2) is 0 Å². The normalized spacial score (nSPS) is 13.4. The van der Waals surface area contributed by atoms with Crippen molar-refractivity contribution >= 4 is 34.0 Å². The SMILES string of the molecule is C=CCn1c(SCC(=O)Nc2sc3c(c2C#N)CCCC3)nnc1C(C)Oc1ccccc1OC. The minimum atomic E-state index is -0.405. The van der Waals surface area contributed by atoms with E-state index in [0.29, 0.717) is 39.6 Å². The number of nitrogens with zero attached hydrogens (tertiary/aromatic N) is 4. The molecule has 1 N–H and O–H groups in total. The van der Waals surface area contributed by atoms with Gasteiger partial charge in [0.05, 0.1) is 18.4 Å². The molecule has 3 aromatic rings. The summed E-state index contributed by atoms with van der Waals surface area (Å²) in [5.74, 6) is 1.82. The number of fused-ring (bicyclic) bond motifs is 1. The molecule has 0 spiro atoms. The van der Waals surface area contributed by atoms with Crippen molar-refractivity contribution in [3.05, 3.63) is 58.7 Å². The number of carbonyl (C=O) groups is 1. The summed E-state index contributed by atoms with van der Waals surface area (Å²) in [6.45, 7) is 6.20. The number of para-hydroxylation sites is 2. The maximum absolute atomic E-state index is 12.7. The van der Waals surface area contributed by atoms with E-state index in [1.165, 1.54) is 28.0 Å². The number of aromatic nitrogens is 3. The second-order valence-corrected chi connectivity index (χ2v) is 10.1. The van der Waals surface area contributed by atoms with Gasteiger partial charge >= 0.3 is 0 Å². The third kappa shape index (κ3) is 5.52. The van der Waals surface area contributed by atoms with E-state index in [9.17, 15) is 10.1 Å². The lowest BCUT2D eigenvalue weighted by Gasteiger charge is -2.17. The Bertz CT molecular complexity index is 1260. The highest BCUT2D eigenvalue weighted by Gasteiger charge is 2.23. The van der Waals surface area contributed by atoms with E-state index in [1.807, 2.05) is 35.8 Å². The van der Waals surface area contributed by atoms with Gasteiger partial charge in [0, 0.05) is 11.4 Å². The zero-order valence-electron chi connectivity index (χ0n) is 19.7. The number of rotatable bonds is 10. The maximum atomic E-state index is 12.7. The van der Waals surface area contributed by atoms with Crippen LogP contribution < -0.4 is 14.8 Å². The zero-order valence-corrected chi connectivity index (χ0v) is 21.4. The van der Waals surface area contributed by atoms with Crippen molar-refractivity contribution in [2.75, 3.05) is 18.2 Å². The monoisotopic (exact) mass is 509 g/mol. The first-order valence-electron chi connectivity index (χ1n) is 11.4. The Morgan fingerprint density at radius 2 is 2.11 bits per heavy atom. The smallest absolute Gasteiger partial charge is 0.235 e. The number of nitrogens with one attached hydrogen (secondary N) is 1. The molecule has 0 fully saturated rings. The summed E-state index contributed by atoms with van der Waals surface area (Å²) in [5.41, 5.74) is 1.72. The lowest BCUT2D eigenvalue weighted by molar-refractivity contribution is -0.113. The highest BCUT2D eigenvalue weighted by molar-refractivity contribution is 7.99. The van der Waals surface area contributed by atoms with Crippen LogP contribution in [0, 0.1) is 11.3 Å². The first-order chi connectivity index (χ1) is 17.0. The number of benzene rings is 1. The lowest BCUT2D eigenvalue weighted by atomic mass is 9.96. The zero-order chi connectivity index (χ0) is 24.8. The number of thioether (sulfide) groups is 1. The molecule has 0 saturated heterocycles. The fourth-order valence-corrected chi connectivity index (χ4v) is 6.04. The van der Waals surface area contributed by atoms with Gasteiger partial charge in [0.15, 0.2) is 28.6 Å². The molecule has 2 heterocycles. The fraction of sp³-hybridized carbons (Fsp3) is 0.360. The molecule has 1 aliphatic rings. The third-order valence-corrected chi connectivity index (χ3v) is 7.84. The molecule has 2 aromatic heterocycles. The van der Waals surface area contributed by atoms with E-state index >= 15 is 0 Å². The number of amides is 1. The molecule has 0 bridgehead atoms. The number of anilines is 1. The van der Waals surface area contributed by atoms with E-state index in [0.717, 1.165) is 31.2 Å². The molecule has 182 valence electrons. The Hall–Kier alpha value is -3.29. The van der Waals surface area contributed by atoms with E-state index in [-0.39, 0.29) is 11.7 Å². The van der Waals surface area contributed by atoms with E-state index in [4.69, 9.17) is 9.47 Å². The van der Waals surface area contributed by atoms with Crippen molar-refractivity contribution in [1.29, 1.82) is 5.26 Å². The van der Waals surface area contributed by atoms with Crippen LogP contribution in [0.5, 0.6) is 11.5 Å². The summed E-state index contributed by atoms with van der Waals surface area (Å²) >= 11 is 2.81. The van der Waals surface area contributed by atoms with Crippen LogP contribution in [0.2, 0.25) is 0 Å². The van der Waals surface area contributed by atoms with Crippen LogP contribution in [0.1, 0.15) is 47.7 Å². The number of carbonyl (C=O) groups excluding carboxylic acids is 1. The molecule has 1 aromatic carbocycles. The first kappa shape index (κ1) is 24.8. The average molecular weight is 510 g/mol. The second-order valence-electron chi connectivity index (χ2n) is 8.01. The molecule has 0 saturated carbocycles. The van der Waals surface area contributed by atoms with Gasteiger partial charge in [-0.1, -0.05) is 30.0 Å². The minimum absolute atomic E-state index is 0.143. The first-order valence-corrected chi connectivity index (χ1v) is 13.2. The third-order valence-electron chi connectivity index (χ3n) is 5.66. The van der Waals surface area contributed by atoms with Crippen molar-refractivity contribution < 1.29 is 14.3 Å². The van der Waals surface area contributed by atoms with Crippen molar-refractivity contribution in [3.8, 4) is 17.6 Å². The Kier molecular flexibility index (Phi) is 8.10. The molecule has 8 nitrogen and oxygen atoms in total. The van der Waals surface area contributed by atoms with Gasteiger partial charge in [-0.15, -0.1) is 28.1 Å². The second kappa shape index (κ2) is 11.4. The number of aryl methyl sites for hydroxylation is 1. The number of ether oxygens (including phenoxy) is 2. The van der Waals surface area contributed by atoms with Crippen LogP contribution in [-0.4, -0.2) is 33.5 Å². The summed E-state index contributed by atoms with van der Waals surface area (Å²) in [4.78, 5) is 14.0. The van der Waals surface area contributed by atoms with Crippen LogP contribution in [0.25, 0.3) is 0 Å². The Morgan fingerprint density at radius 1 is 1.34 bits per heavy atom. The van der Waals surface area contributed by atoms with E-state index in [2.05, 4.69) is 28.2 Å². The molecular formula is C25H27N5O3S2. The van der Waals surface area contributed by atoms with Gasteiger partial charge < -0.3 is 14.8 Å². The molecule has 10 heteroatoms. The van der Waals surface area contributed by atoms with E-state index in [1.54, 1.807) is 13.2 Å². The number of allylic oxidation sites excluding steroid dienone is 1. The predicted octanol–water partition coefficient (Wildman–Crippen LogP) is 5.16. The van der Waals surface area contributed by atoms with Crippen molar-refractivity contribution in [2.45, 2.75) is 50.4 Å². The Labute approximate surface area is 213 Å². The van der Waals surface area contributed by atoms with Crippen molar-refractivity contribution in [2.24, 2.45) is 0 Å². The predicted molar refractivity (Wildman–Crippen MR) is 137 cm³/mol. The molecule has 1 amide bonds. The topological polar surface area (TPSA) is 102 Å². The summed E-state index contributed by atoms with van der Waals surface area (Å²) < 4.78 is 13.3. The van der Waals surface area contributed by atoms with Gasteiger partial charge in [0.2, 0.25) is 5.91 Å². The van der Waals surface area contributed by atoms with Gasteiger partial charge in [-0.3, -0.25) is 9.36 Å². The van der Waals surface area contributed by atoms with Crippen molar-refractivity contribution in [3.63, 3.8) is 0 Å². The van der Waals surface area contributed by atoms with Gasteiger partial charge in [0.1, 0.15) is 11.1 Å². The Balaban J connectivity index is 1.44. The number of nitriles is 1. The summed E-state index contributed by atoms with van der Waals surface area (Å²) in [7, 11) is 1.60. The van der Waals surface area contributed by atoms with Crippen LogP contribution in [0.15, 0.2) is 42.1 Å². The molecule has 4 rings (SSSR count). The lowest BCUT2D eigenvalue weighted by Crippen LogP contribution is -2.15. The summed E-state index contributed by atoms with van der Waals surface area (Å²) in [5, 5.41) is 22.4. The molecule has 0 radical (unpaired) electrons. The standard InChI is InChI=1S/C25H27N5O3S2/c1-4-13-30-23(16(2)33-20-11-7-6-10-19(20)32-3)28-29-25(30)34-15-22(31)27-24-18(14-26)17-9-5-8-12-21(17)35-24/h4,6-7,10-11,16H,1,5,8-9,12-13,15H2,2-3H3,(H,27,31). The number of methoxy groups -OCH3 is 1. The summed E-state index contributed by atoms with van der Waals surface area (Å²) in [6.07, 6.45) is 5.44. The van der Waals surface area contributed by atoms with Crippen LogP contribution in [0.4, 0.5) is 5.00 Å². The van der Waals surface area contributed by atoms with Crippen LogP contribution in [0.3, 0.4) is 0 Å². The highest BCUT2D eigenvalue weighted by atomic mass is 32.2. The minimum Gasteiger partial charge on any atom is -0.493 e. The quantitative estimate of drug-likeness (QED) is 0.298. The largest absolute Gasteiger partial charge is 0.493 e. The highest BCUT2D eigenvalue weighted by Crippen LogP contribution is 2.38. The molecule has 1 aliphatic carbocycles. The maximum Gasteiger partial charge on any atom is 0.235 e. The van der Waals surface area contributed by atoms with Crippen LogP contribution in [-0.2, 0) is 24.2 Å². The molecule has 35 heavy (non-hydrogen) atoms. The Morgan fingerprint density at radius 3 is 2.86 bits per heavy atom. The van der Waals surface area contributed by atoms with Gasteiger partial charge in [0.25, 0.3) is 0 Å². The number of thiophene rings is 1. The molecule has 1 unspecified atom stereocenters. The molecular weight excluding hydrogens is 482 g/mol. The van der Waals surface area contributed by atoms with Gasteiger partial charge in [-0.2, -0.15) is 5.26 Å². The molecule has 1 atom stereocenters. The average Bonchev–Trinajstić information content (AvgIpc) is 3.43. The summed E-state index contributed by atoms with van der Waals surface area (Å²) in [6, 6.07) is 9.70. The van der Waals surface area contributed by atoms with E-state index < -0.39 is 6.10 Å². The molecule has 0 aliphatic heterocycles. The van der Waals surface area contributed by atoms with Crippen LogP contribution >= 0.6 is 23.1 Å². The fourth-order valence-electron chi connectivity index (χ4n) is 4.03. The van der Waals surface area contributed by atoms with Crippen molar-refractivity contribution in [1.82, 2.24) is 14.8 Å². The number of hydrogen-bond acceptors (Lipinski definition) is 8. The van der Waals surface area contributed by atoms with Gasteiger partial charge in [-0.05, 0) is 50.3 Å². The number of hydrogen-bond donors (Lipinski definition) is 1.